The van der Waals surface area contributed by atoms with Gasteiger partial charge in [0.15, 0.2) is 6.66 Å². The Bertz CT molecular complexity index is 297. The second kappa shape index (κ2) is 9.37. The van der Waals surface area contributed by atoms with E-state index < -0.39 is 14.1 Å². The maximum atomic E-state index is 11.1. The van der Waals surface area contributed by atoms with E-state index in [4.69, 9.17) is 4.52 Å². The molecule has 0 aromatic rings. The molecule has 2 N–H and O–H groups in total. The molecule has 2 unspecified atom stereocenters. The molecule has 0 aromatic carbocycles. The summed E-state index contributed by atoms with van der Waals surface area (Å²) in [5.41, 5.74) is 0. The van der Waals surface area contributed by atoms with E-state index in [-0.39, 0.29) is 12.5 Å². The van der Waals surface area contributed by atoms with E-state index in [9.17, 15) is 14.5 Å². The minimum Gasteiger partial charge on any atom is -0.385 e. The van der Waals surface area contributed by atoms with Crippen LogP contribution in [0, 0.1) is 0 Å². The maximum absolute atomic E-state index is 11.1. The first kappa shape index (κ1) is 18.4. The number of nitrogens with zero attached hydrogens (tertiary/aromatic N) is 1. The Morgan fingerprint density at radius 3 is 2.63 bits per heavy atom. The predicted molar refractivity (Wildman–Crippen MR) is 75.2 cm³/mol. The van der Waals surface area contributed by atoms with Crippen LogP contribution in [0.1, 0.15) is 19.8 Å². The zero-order valence-electron chi connectivity index (χ0n) is 12.4. The van der Waals surface area contributed by atoms with Gasteiger partial charge in [0, 0.05) is 19.4 Å². The lowest BCUT2D eigenvalue weighted by atomic mass is 10.2. The highest BCUT2D eigenvalue weighted by Crippen LogP contribution is 2.15. The van der Waals surface area contributed by atoms with Crippen molar-refractivity contribution < 1.29 is 23.5 Å². The summed E-state index contributed by atoms with van der Waals surface area (Å²) in [6.07, 6.45) is 0.733. The number of rotatable bonds is 10. The summed E-state index contributed by atoms with van der Waals surface area (Å²) in [6, 6.07) is 0. The first-order valence-corrected chi connectivity index (χ1v) is 8.20. The Kier molecular flexibility index (Phi) is 9.10. The molecule has 1 amide bonds. The van der Waals surface area contributed by atoms with Gasteiger partial charge in [0.25, 0.3) is 0 Å². The van der Waals surface area contributed by atoms with Crippen molar-refractivity contribution >= 4 is 13.9 Å². The fourth-order valence-corrected chi connectivity index (χ4v) is 2.15. The largest absolute Gasteiger partial charge is 0.504 e. The number of aliphatic hydroxyl groups excluding tert-OH is 1. The Morgan fingerprint density at radius 2 is 2.11 bits per heavy atom. The molecule has 0 aromatic heterocycles. The van der Waals surface area contributed by atoms with Crippen LogP contribution in [-0.2, 0) is 13.9 Å². The summed E-state index contributed by atoms with van der Waals surface area (Å²) in [5, 5.41) is 12.6. The number of carbonyl (C=O) groups is 1. The van der Waals surface area contributed by atoms with Gasteiger partial charge >= 0.3 is 8.03 Å². The molecule has 0 saturated heterocycles. The van der Waals surface area contributed by atoms with Crippen LogP contribution in [0.15, 0.2) is 0 Å². The van der Waals surface area contributed by atoms with Crippen LogP contribution in [0.4, 0.5) is 0 Å². The monoisotopic (exact) mass is 294 g/mol. The molecular weight excluding hydrogens is 267 g/mol. The number of aliphatic hydroxyl groups is 1. The number of nitrogens with one attached hydrogen (secondary N) is 1. The molecule has 0 aliphatic heterocycles. The highest BCUT2D eigenvalue weighted by Gasteiger charge is 2.22. The first-order chi connectivity index (χ1) is 8.76. The summed E-state index contributed by atoms with van der Waals surface area (Å²) < 4.78 is 16.3. The third kappa shape index (κ3) is 11.0. The first-order valence-electron chi connectivity index (χ1n) is 6.57. The number of hydrogen-bond acceptors (Lipinski definition) is 4. The normalized spacial score (nSPS) is 14.1. The summed E-state index contributed by atoms with van der Waals surface area (Å²) in [5.74, 6) is 0.0606. The van der Waals surface area contributed by atoms with E-state index in [0.29, 0.717) is 24.0 Å². The lowest BCUT2D eigenvalue weighted by Gasteiger charge is -2.31. The van der Waals surface area contributed by atoms with E-state index in [1.807, 2.05) is 21.0 Å². The van der Waals surface area contributed by atoms with Gasteiger partial charge in [-0.25, -0.2) is 0 Å². The van der Waals surface area contributed by atoms with Crippen LogP contribution in [0.25, 0.3) is 0 Å². The topological polar surface area (TPSA) is 75.6 Å². The standard InChI is InChI=1S/C12H26N2O4P/c1-5-12(16)13-7-6-8-14(2,3)9-11(15)10-18-19(4)17/h11,15H,5-10H2,1-4H3/q+1/p+1. The highest BCUT2D eigenvalue weighted by molar-refractivity contribution is 7.38. The van der Waals surface area contributed by atoms with E-state index >= 15 is 0 Å². The van der Waals surface area contributed by atoms with Crippen LogP contribution in [0.3, 0.4) is 0 Å². The van der Waals surface area contributed by atoms with Crippen LogP contribution in [-0.4, -0.2) is 68.6 Å². The molecule has 7 heteroatoms. The van der Waals surface area contributed by atoms with E-state index in [1.54, 1.807) is 0 Å². The van der Waals surface area contributed by atoms with Gasteiger partial charge < -0.3 is 14.9 Å². The molecule has 2 atom stereocenters. The number of likely N-dealkylation sites (N-methyl/N-ethyl adjacent to an activating group) is 1. The predicted octanol–water partition coefficient (Wildman–Crippen LogP) is 0.729. The molecule has 0 radical (unpaired) electrons. The molecule has 0 bridgehead atoms. The van der Waals surface area contributed by atoms with E-state index in [1.165, 1.54) is 6.66 Å². The molecule has 0 saturated carbocycles. The Balaban J connectivity index is 3.84. The van der Waals surface area contributed by atoms with Gasteiger partial charge in [-0.1, -0.05) is 6.92 Å². The van der Waals surface area contributed by atoms with Crippen molar-refractivity contribution in [3.63, 3.8) is 0 Å². The van der Waals surface area contributed by atoms with Crippen molar-refractivity contribution in [1.29, 1.82) is 0 Å². The van der Waals surface area contributed by atoms with Crippen LogP contribution in [0.2, 0.25) is 0 Å². The minimum atomic E-state index is -1.66. The van der Waals surface area contributed by atoms with Gasteiger partial charge in [-0.2, -0.15) is 0 Å². The van der Waals surface area contributed by atoms with Crippen molar-refractivity contribution in [2.75, 3.05) is 47.0 Å². The summed E-state index contributed by atoms with van der Waals surface area (Å²) in [4.78, 5) is 11.1. The molecule has 6 nitrogen and oxygen atoms in total. The van der Waals surface area contributed by atoms with E-state index in [0.717, 1.165) is 13.0 Å². The van der Waals surface area contributed by atoms with Gasteiger partial charge in [-0.3, -0.25) is 4.79 Å². The lowest BCUT2D eigenvalue weighted by molar-refractivity contribution is -0.893. The third-order valence-electron chi connectivity index (χ3n) is 2.74. The smallest absolute Gasteiger partial charge is 0.385 e. The van der Waals surface area contributed by atoms with Crippen LogP contribution >= 0.6 is 8.03 Å². The molecular formula is C12H27N2O4P+2. The fourth-order valence-electron chi connectivity index (χ4n) is 1.77. The highest BCUT2D eigenvalue weighted by atomic mass is 31.1. The molecule has 0 spiro atoms. The molecule has 0 heterocycles. The van der Waals surface area contributed by atoms with Crippen LogP contribution in [0.5, 0.6) is 0 Å². The Labute approximate surface area is 116 Å². The third-order valence-corrected chi connectivity index (χ3v) is 3.25. The SMILES string of the molecule is CCC(=O)NCCC[N+](C)(C)CC(O)CO[P+](C)=O. The zero-order valence-corrected chi connectivity index (χ0v) is 13.3. The second-order valence-corrected chi connectivity index (χ2v) is 6.43. The van der Waals surface area contributed by atoms with Crippen molar-refractivity contribution in [2.45, 2.75) is 25.9 Å². The second-order valence-electron chi connectivity index (χ2n) is 5.29. The fraction of sp³-hybridized carbons (Fsp3) is 0.917. The van der Waals surface area contributed by atoms with Gasteiger partial charge in [0.05, 0.1) is 20.6 Å². The summed E-state index contributed by atoms with van der Waals surface area (Å²) in [7, 11) is 2.36. The molecule has 0 aliphatic carbocycles. The number of amides is 1. The molecule has 19 heavy (non-hydrogen) atoms. The molecule has 112 valence electrons. The minimum absolute atomic E-state index is 0.0606. The van der Waals surface area contributed by atoms with Crippen molar-refractivity contribution in [1.82, 2.24) is 5.32 Å². The van der Waals surface area contributed by atoms with Crippen LogP contribution < -0.4 is 5.32 Å². The van der Waals surface area contributed by atoms with E-state index in [2.05, 4.69) is 5.32 Å². The summed E-state index contributed by atoms with van der Waals surface area (Å²) >= 11 is 0. The van der Waals surface area contributed by atoms with Gasteiger partial charge in [0.1, 0.15) is 19.3 Å². The van der Waals surface area contributed by atoms with Crippen molar-refractivity contribution in [3.05, 3.63) is 0 Å². The Hall–Kier alpha value is -0.550. The number of hydrogen-bond donors (Lipinski definition) is 2. The maximum Gasteiger partial charge on any atom is 0.504 e. The van der Waals surface area contributed by atoms with Crippen molar-refractivity contribution in [3.8, 4) is 0 Å². The molecule has 0 aliphatic rings. The van der Waals surface area contributed by atoms with Gasteiger partial charge in [-0.05, 0) is 4.57 Å². The van der Waals surface area contributed by atoms with Gasteiger partial charge in [0.2, 0.25) is 5.91 Å². The Morgan fingerprint density at radius 1 is 1.47 bits per heavy atom. The summed E-state index contributed by atoms with van der Waals surface area (Å²) in [6.45, 7) is 5.43. The zero-order chi connectivity index (χ0) is 14.9. The quantitative estimate of drug-likeness (QED) is 0.354. The lowest BCUT2D eigenvalue weighted by Crippen LogP contribution is -2.47. The number of quaternary nitrogens is 1. The average molecular weight is 294 g/mol. The molecule has 0 fully saturated rings. The van der Waals surface area contributed by atoms with Crippen molar-refractivity contribution in [2.24, 2.45) is 0 Å². The average Bonchev–Trinajstić information content (AvgIpc) is 2.31. The van der Waals surface area contributed by atoms with Gasteiger partial charge in [-0.15, -0.1) is 4.52 Å². The molecule has 0 rings (SSSR count). The number of carbonyl (C=O) groups excluding carboxylic acids is 1.